The van der Waals surface area contributed by atoms with E-state index in [0.717, 1.165) is 0 Å². The van der Waals surface area contributed by atoms with Crippen molar-refractivity contribution in [1.29, 1.82) is 0 Å². The summed E-state index contributed by atoms with van der Waals surface area (Å²) in [5, 5.41) is 1.80. The number of halogens is 2. The molecule has 16 heavy (non-hydrogen) atoms. The third kappa shape index (κ3) is 2.11. The Morgan fingerprint density at radius 2 is 2.19 bits per heavy atom. The van der Waals surface area contributed by atoms with Crippen LogP contribution in [0.4, 0.5) is 0 Å². The fourth-order valence-corrected chi connectivity index (χ4v) is 3.51. The van der Waals surface area contributed by atoms with Crippen LogP contribution in [0, 0.1) is 0 Å². The highest BCUT2D eigenvalue weighted by Crippen LogP contribution is 2.35. The predicted molar refractivity (Wildman–Crippen MR) is 68.6 cm³/mol. The zero-order chi connectivity index (χ0) is 11.7. The molecular weight excluding hydrogens is 287 g/mol. The van der Waals surface area contributed by atoms with Gasteiger partial charge in [-0.05, 0) is 17.5 Å². The largest absolute Gasteiger partial charge is 0.495 e. The summed E-state index contributed by atoms with van der Waals surface area (Å²) < 4.78 is 6.00. The topological polar surface area (TPSA) is 26.3 Å². The van der Waals surface area contributed by atoms with E-state index >= 15 is 0 Å². The molecule has 0 N–H and O–H groups in total. The Labute approximate surface area is 110 Å². The van der Waals surface area contributed by atoms with Crippen LogP contribution in [0.3, 0.4) is 0 Å². The van der Waals surface area contributed by atoms with E-state index in [1.807, 2.05) is 0 Å². The molecule has 0 saturated heterocycles. The van der Waals surface area contributed by atoms with E-state index < -0.39 is 0 Å². The van der Waals surface area contributed by atoms with Crippen LogP contribution in [0.2, 0.25) is 8.67 Å². The summed E-state index contributed by atoms with van der Waals surface area (Å²) >= 11 is 14.2. The summed E-state index contributed by atoms with van der Waals surface area (Å²) in [7, 11) is 1.53. The number of methoxy groups -OCH3 is 1. The lowest BCUT2D eigenvalue weighted by molar-refractivity contribution is 0.104. The van der Waals surface area contributed by atoms with E-state index in [4.69, 9.17) is 27.9 Å². The molecule has 0 amide bonds. The Morgan fingerprint density at radius 3 is 2.75 bits per heavy atom. The Balaban J connectivity index is 2.43. The molecule has 0 aliphatic carbocycles. The summed E-state index contributed by atoms with van der Waals surface area (Å²) in [6.07, 6.45) is 0. The molecule has 0 fully saturated rings. The van der Waals surface area contributed by atoms with Crippen molar-refractivity contribution in [2.75, 3.05) is 7.11 Å². The lowest BCUT2D eigenvalue weighted by Gasteiger charge is -2.00. The van der Waals surface area contributed by atoms with Gasteiger partial charge >= 0.3 is 0 Å². The van der Waals surface area contributed by atoms with E-state index in [1.165, 1.54) is 29.8 Å². The van der Waals surface area contributed by atoms with Crippen LogP contribution in [0.25, 0.3) is 0 Å². The standard InChI is InChI=1S/C10H6Cl2O2S2/c1-14-6-2-3-15-9(6)8(13)5-4-7(11)16-10(5)12/h2-4H,1H3. The Morgan fingerprint density at radius 1 is 1.44 bits per heavy atom. The van der Waals surface area contributed by atoms with Crippen molar-refractivity contribution in [3.63, 3.8) is 0 Å². The van der Waals surface area contributed by atoms with Gasteiger partial charge in [-0.1, -0.05) is 23.2 Å². The molecule has 2 aromatic rings. The number of ketones is 1. The van der Waals surface area contributed by atoms with Crippen LogP contribution in [0.5, 0.6) is 5.75 Å². The van der Waals surface area contributed by atoms with E-state index in [1.54, 1.807) is 17.5 Å². The number of hydrogen-bond acceptors (Lipinski definition) is 4. The third-order valence-electron chi connectivity index (χ3n) is 1.96. The summed E-state index contributed by atoms with van der Waals surface area (Å²) in [6, 6.07) is 3.33. The van der Waals surface area contributed by atoms with Crippen molar-refractivity contribution in [2.24, 2.45) is 0 Å². The molecule has 0 bridgehead atoms. The van der Waals surface area contributed by atoms with Gasteiger partial charge in [-0.3, -0.25) is 4.79 Å². The van der Waals surface area contributed by atoms with Crippen molar-refractivity contribution >= 4 is 51.7 Å². The third-order valence-corrected chi connectivity index (χ3v) is 4.34. The lowest BCUT2D eigenvalue weighted by Crippen LogP contribution is -1.99. The van der Waals surface area contributed by atoms with Crippen molar-refractivity contribution in [3.8, 4) is 5.75 Å². The monoisotopic (exact) mass is 292 g/mol. The van der Waals surface area contributed by atoms with Crippen LogP contribution in [-0.4, -0.2) is 12.9 Å². The summed E-state index contributed by atoms with van der Waals surface area (Å²) in [5.41, 5.74) is 0.428. The Hall–Kier alpha value is -0.550. The molecule has 0 aromatic carbocycles. The normalized spacial score (nSPS) is 10.4. The molecule has 6 heteroatoms. The first kappa shape index (κ1) is 11.9. The maximum absolute atomic E-state index is 12.1. The van der Waals surface area contributed by atoms with Gasteiger partial charge in [0.05, 0.1) is 17.0 Å². The first-order valence-corrected chi connectivity index (χ1v) is 6.69. The molecule has 2 heterocycles. The zero-order valence-electron chi connectivity index (χ0n) is 8.12. The van der Waals surface area contributed by atoms with Gasteiger partial charge in [0, 0.05) is 0 Å². The molecule has 0 atom stereocenters. The zero-order valence-corrected chi connectivity index (χ0v) is 11.3. The highest BCUT2D eigenvalue weighted by Gasteiger charge is 2.20. The minimum absolute atomic E-state index is 0.153. The average Bonchev–Trinajstić information content (AvgIpc) is 2.83. The first-order chi connectivity index (χ1) is 7.63. The van der Waals surface area contributed by atoms with Gasteiger partial charge < -0.3 is 4.74 Å². The van der Waals surface area contributed by atoms with Crippen molar-refractivity contribution < 1.29 is 9.53 Å². The van der Waals surface area contributed by atoms with Crippen molar-refractivity contribution in [3.05, 3.63) is 36.6 Å². The second kappa shape index (κ2) is 4.75. The predicted octanol–water partition coefficient (Wildman–Crippen LogP) is 4.36. The Kier molecular flexibility index (Phi) is 3.54. The van der Waals surface area contributed by atoms with Gasteiger partial charge in [0.25, 0.3) is 0 Å². The summed E-state index contributed by atoms with van der Waals surface area (Å²) in [4.78, 5) is 12.7. The number of carbonyl (C=O) groups excluding carboxylic acids is 1. The molecular formula is C10H6Cl2O2S2. The van der Waals surface area contributed by atoms with Crippen molar-refractivity contribution in [2.45, 2.75) is 0 Å². The SMILES string of the molecule is COc1ccsc1C(=O)c1cc(Cl)sc1Cl. The minimum Gasteiger partial charge on any atom is -0.495 e. The van der Waals surface area contributed by atoms with Crippen molar-refractivity contribution in [1.82, 2.24) is 0 Å². The lowest BCUT2D eigenvalue weighted by atomic mass is 10.2. The quantitative estimate of drug-likeness (QED) is 0.786. The fraction of sp³-hybridized carbons (Fsp3) is 0.100. The van der Waals surface area contributed by atoms with E-state index in [2.05, 4.69) is 0 Å². The molecule has 2 nitrogen and oxygen atoms in total. The molecule has 0 aliphatic rings. The van der Waals surface area contributed by atoms with Gasteiger partial charge in [-0.15, -0.1) is 22.7 Å². The second-order valence-corrected chi connectivity index (χ2v) is 6.09. The highest BCUT2D eigenvalue weighted by atomic mass is 35.5. The highest BCUT2D eigenvalue weighted by molar-refractivity contribution is 7.20. The molecule has 0 radical (unpaired) electrons. The van der Waals surface area contributed by atoms with Gasteiger partial charge in [-0.2, -0.15) is 0 Å². The van der Waals surface area contributed by atoms with Crippen LogP contribution >= 0.6 is 45.9 Å². The number of thiophene rings is 2. The average molecular weight is 293 g/mol. The van der Waals surface area contributed by atoms with Gasteiger partial charge in [0.2, 0.25) is 5.78 Å². The molecule has 0 saturated carbocycles. The summed E-state index contributed by atoms with van der Waals surface area (Å²) in [5.74, 6) is 0.411. The van der Waals surface area contributed by atoms with Gasteiger partial charge in [0.15, 0.2) is 0 Å². The van der Waals surface area contributed by atoms with Crippen LogP contribution in [0.1, 0.15) is 15.2 Å². The van der Waals surface area contributed by atoms with E-state index in [-0.39, 0.29) is 5.78 Å². The van der Waals surface area contributed by atoms with Gasteiger partial charge in [0.1, 0.15) is 15.0 Å². The maximum Gasteiger partial charge on any atom is 0.209 e. The smallest absolute Gasteiger partial charge is 0.209 e. The first-order valence-electron chi connectivity index (χ1n) is 4.24. The van der Waals surface area contributed by atoms with Gasteiger partial charge in [-0.25, -0.2) is 0 Å². The minimum atomic E-state index is -0.153. The molecule has 0 unspecified atom stereocenters. The number of carbonyl (C=O) groups is 1. The molecule has 84 valence electrons. The van der Waals surface area contributed by atoms with E-state index in [0.29, 0.717) is 24.9 Å². The number of rotatable bonds is 3. The Bertz CT molecular complexity index is 531. The molecule has 2 rings (SSSR count). The molecule has 2 aromatic heterocycles. The fourth-order valence-electron chi connectivity index (χ4n) is 1.24. The molecule has 0 aliphatic heterocycles. The second-order valence-electron chi connectivity index (χ2n) is 2.89. The molecule has 0 spiro atoms. The summed E-state index contributed by atoms with van der Waals surface area (Å²) in [6.45, 7) is 0. The number of hydrogen-bond donors (Lipinski definition) is 0. The van der Waals surface area contributed by atoms with Crippen LogP contribution < -0.4 is 4.74 Å². The van der Waals surface area contributed by atoms with Crippen LogP contribution in [0.15, 0.2) is 17.5 Å². The maximum atomic E-state index is 12.1. The van der Waals surface area contributed by atoms with Crippen LogP contribution in [-0.2, 0) is 0 Å². The number of ether oxygens (including phenoxy) is 1. The van der Waals surface area contributed by atoms with E-state index in [9.17, 15) is 4.79 Å².